The molecule has 1 aliphatic carbocycles. The molecular weight excluding hydrogens is 597 g/mol. The largest absolute Gasteiger partial charge is 0.359 e. The highest BCUT2D eigenvalue weighted by atomic mass is 35.5. The van der Waals surface area contributed by atoms with E-state index in [1.807, 2.05) is 11.4 Å². The van der Waals surface area contributed by atoms with E-state index in [1.54, 1.807) is 23.6 Å². The van der Waals surface area contributed by atoms with Crippen LogP contribution in [0.25, 0.3) is 10.6 Å². The Hall–Kier alpha value is -2.42. The number of anilines is 3. The van der Waals surface area contributed by atoms with E-state index in [2.05, 4.69) is 31.1 Å². The molecule has 0 unspecified atom stereocenters. The fourth-order valence-electron chi connectivity index (χ4n) is 6.09. The molecule has 0 radical (unpaired) electrons. The van der Waals surface area contributed by atoms with E-state index in [-0.39, 0.29) is 11.8 Å². The van der Waals surface area contributed by atoms with Crippen LogP contribution in [0.4, 0.5) is 16.0 Å². The van der Waals surface area contributed by atoms with Crippen LogP contribution in [0.2, 0.25) is 10.0 Å². The van der Waals surface area contributed by atoms with Crippen molar-refractivity contribution in [3.8, 4) is 16.6 Å². The van der Waals surface area contributed by atoms with Crippen LogP contribution >= 0.6 is 45.9 Å². The molecule has 0 bridgehead atoms. The maximum Gasteiger partial charge on any atom is 0.259 e. The highest BCUT2D eigenvalue weighted by Crippen LogP contribution is 2.42. The van der Waals surface area contributed by atoms with Gasteiger partial charge in [0.2, 0.25) is 0 Å². The average Bonchev–Trinajstić information content (AvgIpc) is 3.63. The zero-order valence-electron chi connectivity index (χ0n) is 22.8. The van der Waals surface area contributed by atoms with Gasteiger partial charge < -0.3 is 9.80 Å². The van der Waals surface area contributed by atoms with Crippen molar-refractivity contribution >= 4 is 67.7 Å². The van der Waals surface area contributed by atoms with E-state index in [1.165, 1.54) is 43.4 Å². The summed E-state index contributed by atoms with van der Waals surface area (Å²) in [5, 5.41) is 16.8. The van der Waals surface area contributed by atoms with Crippen molar-refractivity contribution < 1.29 is 4.79 Å². The molecule has 12 heteroatoms. The van der Waals surface area contributed by atoms with Crippen LogP contribution < -0.4 is 15.1 Å². The van der Waals surface area contributed by atoms with E-state index in [0.717, 1.165) is 67.7 Å². The summed E-state index contributed by atoms with van der Waals surface area (Å²) in [6.07, 6.45) is 9.82. The number of carbonyl (C=O) groups is 1. The van der Waals surface area contributed by atoms with Gasteiger partial charge in [-0.15, -0.1) is 11.3 Å². The standard InChI is InChI=1S/C29H33Cl2N7OS2/c30-21-15-24(40-18-21)25-28(38-12-10-36(11-13-38)22-4-2-1-3-5-22)41-29(34-25)35-27(39)20-14-23(31)26(33-17-20)37-8-6-19(16-32)7-9-37/h14-15,17-19,22H,1-13H2,(H,34,35,39). The van der Waals surface area contributed by atoms with Crippen LogP contribution in [0.3, 0.4) is 0 Å². The number of thiazole rings is 1. The molecule has 2 saturated heterocycles. The van der Waals surface area contributed by atoms with Gasteiger partial charge in [-0.2, -0.15) is 5.26 Å². The molecule has 1 amide bonds. The number of nitriles is 1. The lowest BCUT2D eigenvalue weighted by molar-refractivity contribution is 0.102. The van der Waals surface area contributed by atoms with Gasteiger partial charge >= 0.3 is 0 Å². The summed E-state index contributed by atoms with van der Waals surface area (Å²) in [5.74, 6) is 0.432. The zero-order chi connectivity index (χ0) is 28.3. The number of pyridine rings is 1. The van der Waals surface area contributed by atoms with Crippen molar-refractivity contribution in [2.75, 3.05) is 54.4 Å². The van der Waals surface area contributed by atoms with Gasteiger partial charge in [-0.05, 0) is 37.8 Å². The summed E-state index contributed by atoms with van der Waals surface area (Å²) in [5.41, 5.74) is 1.24. The van der Waals surface area contributed by atoms with Gasteiger partial charge in [-0.1, -0.05) is 53.8 Å². The van der Waals surface area contributed by atoms with E-state index in [0.29, 0.717) is 32.6 Å². The maximum absolute atomic E-state index is 13.3. The molecule has 0 spiro atoms. The van der Waals surface area contributed by atoms with Crippen LogP contribution in [0, 0.1) is 17.2 Å². The molecule has 3 aromatic rings. The maximum atomic E-state index is 13.3. The smallest absolute Gasteiger partial charge is 0.259 e. The lowest BCUT2D eigenvalue weighted by Crippen LogP contribution is -2.50. The lowest BCUT2D eigenvalue weighted by Gasteiger charge is -2.41. The number of hydrogen-bond donors (Lipinski definition) is 1. The highest BCUT2D eigenvalue weighted by Gasteiger charge is 2.29. The Morgan fingerprint density at radius 2 is 1.76 bits per heavy atom. The van der Waals surface area contributed by atoms with Crippen molar-refractivity contribution in [2.24, 2.45) is 5.92 Å². The predicted molar refractivity (Wildman–Crippen MR) is 169 cm³/mol. The molecule has 1 saturated carbocycles. The lowest BCUT2D eigenvalue weighted by atomic mass is 9.94. The van der Waals surface area contributed by atoms with E-state index >= 15 is 0 Å². The molecule has 3 aromatic heterocycles. The van der Waals surface area contributed by atoms with Crippen molar-refractivity contribution in [2.45, 2.75) is 51.0 Å². The van der Waals surface area contributed by atoms with Crippen LogP contribution in [-0.2, 0) is 0 Å². The number of aromatic nitrogens is 2. The van der Waals surface area contributed by atoms with Gasteiger partial charge in [0.15, 0.2) is 5.13 Å². The van der Waals surface area contributed by atoms with Crippen molar-refractivity contribution in [3.05, 3.63) is 39.3 Å². The summed E-state index contributed by atoms with van der Waals surface area (Å²) in [4.78, 5) is 30.8. The topological polar surface area (TPSA) is 88.4 Å². The first-order chi connectivity index (χ1) is 20.0. The second-order valence-electron chi connectivity index (χ2n) is 11.0. The number of nitrogens with zero attached hydrogens (tertiary/aromatic N) is 6. The second kappa shape index (κ2) is 12.8. The fourth-order valence-corrected chi connectivity index (χ4v) is 8.53. The van der Waals surface area contributed by atoms with Crippen LogP contribution in [-0.4, -0.2) is 66.1 Å². The van der Waals surface area contributed by atoms with Gasteiger partial charge in [0.05, 0.1) is 26.6 Å². The number of rotatable bonds is 6. The Labute approximate surface area is 258 Å². The number of halogens is 2. The number of nitrogens with one attached hydrogen (secondary N) is 1. The fraction of sp³-hybridized carbons (Fsp3) is 0.517. The normalized spacial score (nSPS) is 19.3. The first kappa shape index (κ1) is 28.7. The van der Waals surface area contributed by atoms with Crippen molar-refractivity contribution in [1.29, 1.82) is 5.26 Å². The molecule has 216 valence electrons. The SMILES string of the molecule is N#CC1CCN(c2ncc(C(=O)Nc3nc(-c4cc(Cl)cs4)c(N4CCN(C5CCCCC5)CC4)s3)cc2Cl)CC1. The first-order valence-electron chi connectivity index (χ1n) is 14.3. The molecular formula is C29H33Cl2N7OS2. The molecule has 3 fully saturated rings. The van der Waals surface area contributed by atoms with Gasteiger partial charge in [0.25, 0.3) is 5.91 Å². The van der Waals surface area contributed by atoms with E-state index in [9.17, 15) is 10.1 Å². The minimum atomic E-state index is -0.299. The number of hydrogen-bond acceptors (Lipinski definition) is 9. The van der Waals surface area contributed by atoms with Gasteiger partial charge in [0.1, 0.15) is 16.5 Å². The second-order valence-corrected chi connectivity index (χ2v) is 13.7. The quantitative estimate of drug-likeness (QED) is 0.313. The van der Waals surface area contributed by atoms with Gasteiger partial charge in [0, 0.05) is 62.8 Å². The number of amides is 1. The third-order valence-electron chi connectivity index (χ3n) is 8.38. The van der Waals surface area contributed by atoms with E-state index < -0.39 is 0 Å². The number of carbonyl (C=O) groups excluding carboxylic acids is 1. The van der Waals surface area contributed by atoms with Crippen LogP contribution in [0.1, 0.15) is 55.3 Å². The molecule has 1 N–H and O–H groups in total. The predicted octanol–water partition coefficient (Wildman–Crippen LogP) is 7.02. The minimum Gasteiger partial charge on any atom is -0.359 e. The number of thiophene rings is 1. The Morgan fingerprint density at radius 1 is 1.00 bits per heavy atom. The van der Waals surface area contributed by atoms with Crippen LogP contribution in [0.15, 0.2) is 23.7 Å². The average molecular weight is 631 g/mol. The summed E-state index contributed by atoms with van der Waals surface area (Å²) in [6, 6.07) is 6.66. The molecule has 0 aromatic carbocycles. The summed E-state index contributed by atoms with van der Waals surface area (Å²) in [7, 11) is 0. The summed E-state index contributed by atoms with van der Waals surface area (Å²) >= 11 is 15.9. The van der Waals surface area contributed by atoms with Crippen molar-refractivity contribution in [1.82, 2.24) is 14.9 Å². The molecule has 8 nitrogen and oxygen atoms in total. The molecule has 2 aliphatic heterocycles. The summed E-state index contributed by atoms with van der Waals surface area (Å²) in [6.45, 7) is 5.40. The third-order valence-corrected chi connectivity index (χ3v) is 11.0. The highest BCUT2D eigenvalue weighted by molar-refractivity contribution is 7.21. The molecule has 0 atom stereocenters. The minimum absolute atomic E-state index is 0.0779. The Bertz CT molecular complexity index is 1410. The van der Waals surface area contributed by atoms with Crippen molar-refractivity contribution in [3.63, 3.8) is 0 Å². The third kappa shape index (κ3) is 6.50. The van der Waals surface area contributed by atoms with E-state index in [4.69, 9.17) is 28.2 Å². The molecule has 41 heavy (non-hydrogen) atoms. The molecule has 3 aliphatic rings. The summed E-state index contributed by atoms with van der Waals surface area (Å²) < 4.78 is 0. The molecule has 5 heterocycles. The van der Waals surface area contributed by atoms with Gasteiger partial charge in [-0.25, -0.2) is 9.97 Å². The Balaban J connectivity index is 1.17. The number of piperazine rings is 1. The Morgan fingerprint density at radius 3 is 2.41 bits per heavy atom. The zero-order valence-corrected chi connectivity index (χ0v) is 26.0. The first-order valence-corrected chi connectivity index (χ1v) is 16.8. The van der Waals surface area contributed by atoms with Gasteiger partial charge in [-0.3, -0.25) is 15.0 Å². The Kier molecular flexibility index (Phi) is 8.98. The van der Waals surface area contributed by atoms with Crippen LogP contribution in [0.5, 0.6) is 0 Å². The number of piperidine rings is 1. The molecule has 6 rings (SSSR count). The monoisotopic (exact) mass is 629 g/mol.